The summed E-state index contributed by atoms with van der Waals surface area (Å²) in [5.41, 5.74) is 4.95. The molecule has 6 rings (SSSR count). The van der Waals surface area contributed by atoms with E-state index in [4.69, 9.17) is 9.47 Å². The van der Waals surface area contributed by atoms with Crippen LogP contribution in [0, 0.1) is 23.0 Å². The van der Waals surface area contributed by atoms with Crippen LogP contribution in [0.3, 0.4) is 0 Å². The molecule has 43 heavy (non-hydrogen) atoms. The zero-order valence-electron chi connectivity index (χ0n) is 24.3. The molecular formula is C32H34N6O5. The molecule has 4 aromatic rings. The molecular weight excluding hydrogens is 548 g/mol. The van der Waals surface area contributed by atoms with Gasteiger partial charge >= 0.3 is 0 Å². The quantitative estimate of drug-likeness (QED) is 0.215. The minimum atomic E-state index is -0.418. The average Bonchev–Trinajstić information content (AvgIpc) is 3.41. The minimum absolute atomic E-state index is 0.0295. The van der Waals surface area contributed by atoms with Gasteiger partial charge < -0.3 is 14.8 Å². The fourth-order valence-electron chi connectivity index (χ4n) is 5.92. The molecule has 1 aromatic heterocycles. The number of hydrogen-bond acceptors (Lipinski definition) is 8. The van der Waals surface area contributed by atoms with Crippen molar-refractivity contribution in [3.8, 4) is 17.2 Å². The molecule has 222 valence electrons. The van der Waals surface area contributed by atoms with E-state index in [9.17, 15) is 14.9 Å². The molecule has 0 atom stereocenters. The minimum Gasteiger partial charge on any atom is -0.493 e. The first-order valence-corrected chi connectivity index (χ1v) is 14.5. The Bertz CT molecular complexity index is 1660. The maximum absolute atomic E-state index is 13.1. The van der Waals surface area contributed by atoms with Crippen LogP contribution in [-0.4, -0.2) is 50.7 Å². The van der Waals surface area contributed by atoms with E-state index in [0.717, 1.165) is 73.9 Å². The molecule has 0 aliphatic carbocycles. The van der Waals surface area contributed by atoms with Gasteiger partial charge in [-0.15, -0.1) is 10.2 Å². The first kappa shape index (κ1) is 28.4. The number of likely N-dealkylation sites (tertiary alicyclic amines) is 1. The van der Waals surface area contributed by atoms with Crippen molar-refractivity contribution in [3.63, 3.8) is 0 Å². The number of nitro groups is 1. The summed E-state index contributed by atoms with van der Waals surface area (Å²) in [5, 5.41) is 22.7. The Labute approximate surface area is 249 Å². The van der Waals surface area contributed by atoms with Crippen LogP contribution in [0.15, 0.2) is 60.7 Å². The summed E-state index contributed by atoms with van der Waals surface area (Å²) in [6.45, 7) is 4.54. The van der Waals surface area contributed by atoms with Gasteiger partial charge in [-0.1, -0.05) is 18.2 Å². The third-order valence-corrected chi connectivity index (χ3v) is 8.21. The van der Waals surface area contributed by atoms with Gasteiger partial charge in [0, 0.05) is 36.7 Å². The largest absolute Gasteiger partial charge is 0.493 e. The number of aromatic nitrogens is 3. The summed E-state index contributed by atoms with van der Waals surface area (Å²) in [6.07, 6.45) is 3.31. The van der Waals surface area contributed by atoms with E-state index in [1.165, 1.54) is 17.7 Å². The Hall–Kier alpha value is -4.77. The molecule has 11 nitrogen and oxygen atoms in total. The molecule has 0 bridgehead atoms. The molecule has 3 aromatic carbocycles. The zero-order chi connectivity index (χ0) is 29.9. The normalized spacial score (nSPS) is 14.9. The molecule has 3 heterocycles. The van der Waals surface area contributed by atoms with Crippen molar-refractivity contribution >= 4 is 17.3 Å². The lowest BCUT2D eigenvalue weighted by molar-refractivity contribution is -0.384. The molecule has 0 spiro atoms. The van der Waals surface area contributed by atoms with Crippen LogP contribution in [0.4, 0.5) is 11.4 Å². The van der Waals surface area contributed by atoms with E-state index in [1.54, 1.807) is 19.2 Å². The molecule has 1 saturated heterocycles. The second-order valence-electron chi connectivity index (χ2n) is 11.1. The molecule has 1 N–H and O–H groups in total. The molecule has 11 heteroatoms. The Kier molecular flexibility index (Phi) is 8.06. The van der Waals surface area contributed by atoms with Crippen molar-refractivity contribution in [2.75, 3.05) is 25.5 Å². The zero-order valence-corrected chi connectivity index (χ0v) is 24.3. The maximum atomic E-state index is 13.1. The van der Waals surface area contributed by atoms with Crippen molar-refractivity contribution in [1.29, 1.82) is 0 Å². The Morgan fingerprint density at radius 2 is 1.86 bits per heavy atom. The number of non-ortho nitro benzene ring substituents is 1. The molecule has 1 amide bonds. The van der Waals surface area contributed by atoms with Gasteiger partial charge in [0.2, 0.25) is 5.91 Å². The number of methoxy groups -OCH3 is 1. The van der Waals surface area contributed by atoms with Crippen LogP contribution in [0.2, 0.25) is 0 Å². The smallest absolute Gasteiger partial charge is 0.269 e. The predicted molar refractivity (Wildman–Crippen MR) is 161 cm³/mol. The van der Waals surface area contributed by atoms with Crippen molar-refractivity contribution in [2.45, 2.75) is 45.8 Å². The maximum Gasteiger partial charge on any atom is 0.269 e. The number of carbonyl (C=O) groups is 1. The molecule has 0 saturated carbocycles. The summed E-state index contributed by atoms with van der Waals surface area (Å²) in [6, 6.07) is 18.3. The van der Waals surface area contributed by atoms with Gasteiger partial charge in [-0.2, -0.15) is 0 Å². The Morgan fingerprint density at radius 3 is 2.65 bits per heavy atom. The van der Waals surface area contributed by atoms with E-state index in [2.05, 4.69) is 31.0 Å². The van der Waals surface area contributed by atoms with Gasteiger partial charge in [0.1, 0.15) is 18.3 Å². The van der Waals surface area contributed by atoms with Gasteiger partial charge in [-0.25, -0.2) is 0 Å². The SMILES string of the molecule is COc1cc(CN2CCC(C(=O)Nc3ccc4c(c3)CCc3nnc(C)n3-4)CC2)ccc1OCc1cccc([N+](=O)[O-])c1. The van der Waals surface area contributed by atoms with Crippen molar-refractivity contribution < 1.29 is 19.2 Å². The molecule has 2 aliphatic heterocycles. The number of nitrogens with zero attached hydrogens (tertiary/aromatic N) is 5. The highest BCUT2D eigenvalue weighted by molar-refractivity contribution is 5.92. The molecule has 2 aliphatic rings. The van der Waals surface area contributed by atoms with Crippen LogP contribution in [0.25, 0.3) is 5.69 Å². The second kappa shape index (κ2) is 12.2. The lowest BCUT2D eigenvalue weighted by Crippen LogP contribution is -2.37. The highest BCUT2D eigenvalue weighted by Crippen LogP contribution is 2.31. The van der Waals surface area contributed by atoms with Crippen molar-refractivity contribution in [3.05, 3.63) is 99.1 Å². The van der Waals surface area contributed by atoms with Crippen molar-refractivity contribution in [1.82, 2.24) is 19.7 Å². The van der Waals surface area contributed by atoms with E-state index in [0.29, 0.717) is 17.1 Å². The number of amides is 1. The predicted octanol–water partition coefficient (Wildman–Crippen LogP) is 5.02. The number of ether oxygens (including phenoxy) is 2. The highest BCUT2D eigenvalue weighted by Gasteiger charge is 2.26. The average molecular weight is 583 g/mol. The van der Waals surface area contributed by atoms with Gasteiger partial charge in [-0.05, 0) is 86.3 Å². The third-order valence-electron chi connectivity index (χ3n) is 8.21. The Balaban J connectivity index is 1.01. The highest BCUT2D eigenvalue weighted by atomic mass is 16.6. The van der Waals surface area contributed by atoms with Gasteiger partial charge in [0.25, 0.3) is 5.69 Å². The number of rotatable bonds is 9. The van der Waals surface area contributed by atoms with Crippen molar-refractivity contribution in [2.24, 2.45) is 5.92 Å². The molecule has 1 fully saturated rings. The number of nitrogens with one attached hydrogen (secondary N) is 1. The van der Waals surface area contributed by atoms with E-state index < -0.39 is 4.92 Å². The number of aryl methyl sites for hydroxylation is 3. The summed E-state index contributed by atoms with van der Waals surface area (Å²) in [4.78, 5) is 26.1. The van der Waals surface area contributed by atoms with Gasteiger partial charge in [-0.3, -0.25) is 24.4 Å². The number of nitro benzene ring substituents is 1. The van der Waals surface area contributed by atoms with Crippen LogP contribution in [-0.2, 0) is 30.8 Å². The number of benzene rings is 3. The lowest BCUT2D eigenvalue weighted by Gasteiger charge is -2.31. The molecule has 0 unspecified atom stereocenters. The van der Waals surface area contributed by atoms with Crippen LogP contribution in [0.1, 0.15) is 41.2 Å². The third kappa shape index (κ3) is 6.21. The summed E-state index contributed by atoms with van der Waals surface area (Å²) < 4.78 is 13.6. The van der Waals surface area contributed by atoms with E-state index in [1.807, 2.05) is 37.3 Å². The second-order valence-corrected chi connectivity index (χ2v) is 11.1. The summed E-state index contributed by atoms with van der Waals surface area (Å²) in [5.74, 6) is 3.09. The molecule has 0 radical (unpaired) electrons. The lowest BCUT2D eigenvalue weighted by atomic mass is 9.95. The van der Waals surface area contributed by atoms with Gasteiger partial charge in [0.15, 0.2) is 11.5 Å². The van der Waals surface area contributed by atoms with Crippen LogP contribution < -0.4 is 14.8 Å². The summed E-state index contributed by atoms with van der Waals surface area (Å²) >= 11 is 0. The monoisotopic (exact) mass is 582 g/mol. The topological polar surface area (TPSA) is 125 Å². The number of anilines is 1. The first-order valence-electron chi connectivity index (χ1n) is 14.5. The number of carbonyl (C=O) groups excluding carboxylic acids is 1. The van der Waals surface area contributed by atoms with Crippen LogP contribution >= 0.6 is 0 Å². The first-order chi connectivity index (χ1) is 20.9. The van der Waals surface area contributed by atoms with Gasteiger partial charge in [0.05, 0.1) is 17.7 Å². The summed E-state index contributed by atoms with van der Waals surface area (Å²) in [7, 11) is 1.60. The number of fused-ring (bicyclic) bond motifs is 3. The van der Waals surface area contributed by atoms with E-state index >= 15 is 0 Å². The van der Waals surface area contributed by atoms with Crippen LogP contribution in [0.5, 0.6) is 11.5 Å². The number of hydrogen-bond donors (Lipinski definition) is 1. The fraction of sp³-hybridized carbons (Fsp3) is 0.344. The van der Waals surface area contributed by atoms with E-state index in [-0.39, 0.29) is 24.1 Å². The Morgan fingerprint density at radius 1 is 1.02 bits per heavy atom. The number of piperidine rings is 1. The standard InChI is InChI=1S/C32H34N6O5/c1-21-34-35-31-11-7-25-18-26(8-9-28(25)37(21)31)33-32(39)24-12-14-36(15-13-24)19-22-6-10-29(30(17-22)42-2)43-20-23-4-3-5-27(16-23)38(40)41/h3-6,8-10,16-18,24H,7,11-15,19-20H2,1-2H3,(H,33,39). The fourth-order valence-corrected chi connectivity index (χ4v) is 5.92.